The fourth-order valence-electron chi connectivity index (χ4n) is 12.9. The maximum absolute atomic E-state index is 8.94. The van der Waals surface area contributed by atoms with Crippen LogP contribution in [-0.4, -0.2) is 5.11 Å². The van der Waals surface area contributed by atoms with Crippen LogP contribution in [-0.2, 0) is 51.4 Å². The average molecular weight is 1490 g/mol. The summed E-state index contributed by atoms with van der Waals surface area (Å²) in [6, 6.07) is 96.2. The zero-order chi connectivity index (χ0) is 82.0. The van der Waals surface area contributed by atoms with Crippen LogP contribution in [0.25, 0.3) is 55.6 Å². The zero-order valence-corrected chi connectivity index (χ0v) is 73.7. The molecule has 1 nitrogen and oxygen atoms in total. The number of aromatic hydroxyl groups is 1. The Bertz CT molecular complexity index is 3900. The van der Waals surface area contributed by atoms with Crippen molar-refractivity contribution in [3.63, 3.8) is 0 Å². The molecule has 1 heteroatoms. The first-order valence-corrected chi connectivity index (χ1v) is 43.3. The maximum Gasteiger partial charge on any atom is 0.115 e. The van der Waals surface area contributed by atoms with Gasteiger partial charge in [-0.05, 0) is 204 Å². The van der Waals surface area contributed by atoms with Gasteiger partial charge >= 0.3 is 0 Å². The molecule has 2 bridgehead atoms. The number of rotatable bonds is 13. The van der Waals surface area contributed by atoms with Gasteiger partial charge in [-0.1, -0.05) is 470 Å². The van der Waals surface area contributed by atoms with Gasteiger partial charge in [-0.2, -0.15) is 0 Å². The van der Waals surface area contributed by atoms with Crippen LogP contribution in [0.5, 0.6) is 5.75 Å². The van der Waals surface area contributed by atoms with Crippen LogP contribution in [0.3, 0.4) is 0 Å². The van der Waals surface area contributed by atoms with E-state index in [0.29, 0.717) is 17.6 Å². The van der Waals surface area contributed by atoms with Gasteiger partial charge in [0, 0.05) is 0 Å². The Morgan fingerprint density at radius 1 is 0.270 bits per heavy atom. The number of hydrogen-bond acceptors (Lipinski definition) is 1. The van der Waals surface area contributed by atoms with Gasteiger partial charge in [0.05, 0.1) is 0 Å². The molecule has 2 aliphatic rings. The van der Waals surface area contributed by atoms with Crippen LogP contribution in [0.15, 0.2) is 273 Å². The van der Waals surface area contributed by atoms with Crippen LogP contribution >= 0.6 is 0 Å². The summed E-state index contributed by atoms with van der Waals surface area (Å²) in [4.78, 5) is 0. The summed E-state index contributed by atoms with van der Waals surface area (Å²) in [5.41, 5.74) is 19.2. The molecule has 12 aromatic carbocycles. The first-order chi connectivity index (χ1) is 54.0. The predicted octanol–water partition coefficient (Wildman–Crippen LogP) is 34.1. The standard InChI is InChI=1S/C18H18.C18H20.C16H18.C10H8.C10H14.C9H12O.C9H12.C7H12.3C3H8.2C2H6/c1-3-13-15-9-5-7-11-17(15)14(4-2)18-12-8-6-10-16(13)18;1-3-15-5-9-17(10-6-15)13-14-18-11-7-16(4-2)8-12-18;1-3-13-5-9-15(10-6-13)16-11-7-14(4-2)8-12-16;1-2-6-10-8-4-3-7-9(10)5-1;1-3-9-5-7-10(4-2)8-6-9;1-7(2)8-3-5-9(10)6-4-8;1-8(2)9-6-4-3-5-7-9;1-2-7-4-3-6(1)5-7;3*1-3-2;2*1-2/h5-12H,3-4H2,1-2H3;5-14H,3-4H2,1-2H3;5-12H,3-4H2,1-2H3;1-8H;5-8H,3-4H2,1-2H3;3-7,10H,1-2H3;3-8H,1-2H3;6-7H,1-5H2;3*3H2,1-2H3;2*1-2H3/b;14-13+;;;;;;;;;;;. The SMILES string of the molecule is C1CC2CCC1C2.CC.CC.CC(C)c1ccc(O)cc1.CC(C)c1ccccc1.CCC.CCC.CCC.CCc1c2ccccc2c(CC)c2ccccc12.CCc1ccc(-c2ccc(CC)cc2)cc1.CCc1ccc(/C=C/c2ccc(CC)cc2)cc1.CCc1ccc(CC)cc1.c1ccc2ccccc2c1. The summed E-state index contributed by atoms with van der Waals surface area (Å²) < 4.78 is 0. The minimum Gasteiger partial charge on any atom is -0.508 e. The molecule has 0 saturated heterocycles. The number of phenolic OH excluding ortho intramolecular Hbond substituents is 1. The quantitative estimate of drug-likeness (QED) is 0.0901. The van der Waals surface area contributed by atoms with Gasteiger partial charge in [0.2, 0.25) is 0 Å². The van der Waals surface area contributed by atoms with Crippen molar-refractivity contribution in [3.8, 4) is 16.9 Å². The largest absolute Gasteiger partial charge is 0.508 e. The molecule has 0 amide bonds. The highest BCUT2D eigenvalue weighted by Gasteiger charge is 2.30. The molecule has 0 heterocycles. The molecule has 0 aromatic heterocycles. The van der Waals surface area contributed by atoms with Crippen molar-refractivity contribution in [1.82, 2.24) is 0 Å². The highest BCUT2D eigenvalue weighted by atomic mass is 16.3. The number of phenols is 1. The Hall–Kier alpha value is -9.04. The number of hydrogen-bond donors (Lipinski definition) is 1. The minimum atomic E-state index is 0.337. The number of benzene rings is 12. The molecule has 0 radical (unpaired) electrons. The smallest absolute Gasteiger partial charge is 0.115 e. The normalized spacial score (nSPS) is 12.3. The van der Waals surface area contributed by atoms with E-state index in [2.05, 4.69) is 379 Å². The fourth-order valence-corrected chi connectivity index (χ4v) is 12.9. The van der Waals surface area contributed by atoms with Crippen molar-refractivity contribution in [2.24, 2.45) is 11.8 Å². The molecule has 1 N–H and O–H groups in total. The van der Waals surface area contributed by atoms with Crippen LogP contribution in [0, 0.1) is 11.8 Å². The molecule has 12 aromatic rings. The summed E-state index contributed by atoms with van der Waals surface area (Å²) >= 11 is 0. The lowest BCUT2D eigenvalue weighted by atomic mass is 9.90. The van der Waals surface area contributed by atoms with Gasteiger partial charge in [0.1, 0.15) is 5.75 Å². The van der Waals surface area contributed by atoms with Crippen molar-refractivity contribution < 1.29 is 5.11 Å². The Morgan fingerprint density at radius 2 is 0.495 bits per heavy atom. The molecule has 2 fully saturated rings. The molecule has 2 saturated carbocycles. The summed E-state index contributed by atoms with van der Waals surface area (Å²) in [6.45, 7) is 47.0. The van der Waals surface area contributed by atoms with Crippen LogP contribution in [0.1, 0.15) is 282 Å². The molecule has 0 spiro atoms. The van der Waals surface area contributed by atoms with Gasteiger partial charge in [0.25, 0.3) is 0 Å². The second-order valence-corrected chi connectivity index (χ2v) is 28.8. The van der Waals surface area contributed by atoms with Crippen molar-refractivity contribution in [2.45, 2.75) is 267 Å². The molecule has 14 rings (SSSR count). The predicted molar refractivity (Wildman–Crippen MR) is 504 cm³/mol. The highest BCUT2D eigenvalue weighted by Crippen LogP contribution is 2.44. The van der Waals surface area contributed by atoms with Crippen LogP contribution < -0.4 is 0 Å². The van der Waals surface area contributed by atoms with Crippen molar-refractivity contribution in [1.29, 1.82) is 0 Å². The van der Waals surface area contributed by atoms with Crippen molar-refractivity contribution >= 4 is 44.5 Å². The topological polar surface area (TPSA) is 20.2 Å². The summed E-state index contributed by atoms with van der Waals surface area (Å²) in [6.07, 6.45) is 24.8. The molecular weight excluding hydrogens is 1340 g/mol. The Kier molecular flexibility index (Phi) is 53.6. The zero-order valence-electron chi connectivity index (χ0n) is 73.7. The highest BCUT2D eigenvalue weighted by molar-refractivity contribution is 6.05. The molecule has 596 valence electrons. The van der Waals surface area contributed by atoms with E-state index >= 15 is 0 Å². The molecule has 0 unspecified atom stereocenters. The maximum atomic E-state index is 8.94. The van der Waals surface area contributed by atoms with Crippen molar-refractivity contribution in [2.75, 3.05) is 0 Å². The number of fused-ring (bicyclic) bond motifs is 5. The fraction of sp³-hybridized carbons (Fsp3) is 0.382. The average Bonchev–Trinajstić information content (AvgIpc) is 1.16. The van der Waals surface area contributed by atoms with Gasteiger partial charge in [0.15, 0.2) is 0 Å². The molecule has 2 aliphatic carbocycles. The van der Waals surface area contributed by atoms with Gasteiger partial charge in [-0.25, -0.2) is 0 Å². The first kappa shape index (κ1) is 98.0. The number of aryl methyl sites for hydroxylation is 8. The van der Waals surface area contributed by atoms with Crippen LogP contribution in [0.4, 0.5) is 0 Å². The van der Waals surface area contributed by atoms with Gasteiger partial charge in [-0.3, -0.25) is 0 Å². The first-order valence-electron chi connectivity index (χ1n) is 43.3. The van der Waals surface area contributed by atoms with Crippen molar-refractivity contribution in [3.05, 3.63) is 340 Å². The van der Waals surface area contributed by atoms with Gasteiger partial charge in [-0.15, -0.1) is 0 Å². The monoisotopic (exact) mass is 1490 g/mol. The Labute approximate surface area is 680 Å². The summed E-state index contributed by atoms with van der Waals surface area (Å²) in [5, 5.41) is 17.3. The van der Waals surface area contributed by atoms with Gasteiger partial charge < -0.3 is 5.11 Å². The second kappa shape index (κ2) is 60.7. The second-order valence-electron chi connectivity index (χ2n) is 28.8. The molecular formula is C110H150O. The lowest BCUT2D eigenvalue weighted by Gasteiger charge is -2.14. The van der Waals surface area contributed by atoms with Crippen LogP contribution in [0.2, 0.25) is 0 Å². The Balaban J connectivity index is 0.000000427. The third-order valence-corrected chi connectivity index (χ3v) is 19.3. The molecule has 0 atom stereocenters. The lowest BCUT2D eigenvalue weighted by molar-refractivity contribution is 0.475. The van der Waals surface area contributed by atoms with E-state index in [1.165, 1.54) is 141 Å². The Morgan fingerprint density at radius 3 is 0.712 bits per heavy atom. The summed E-state index contributed by atoms with van der Waals surface area (Å²) in [5.74, 6) is 3.88. The van der Waals surface area contributed by atoms with E-state index in [4.69, 9.17) is 5.11 Å². The summed E-state index contributed by atoms with van der Waals surface area (Å²) in [7, 11) is 0. The van der Waals surface area contributed by atoms with E-state index < -0.39 is 0 Å². The van der Waals surface area contributed by atoms with E-state index in [-0.39, 0.29) is 0 Å². The molecule has 111 heavy (non-hydrogen) atoms. The molecule has 0 aliphatic heterocycles. The third kappa shape index (κ3) is 37.7. The minimum absolute atomic E-state index is 0.337. The van der Waals surface area contributed by atoms with E-state index in [1.54, 1.807) is 44.2 Å². The lowest BCUT2D eigenvalue weighted by Crippen LogP contribution is -1.93. The van der Waals surface area contributed by atoms with E-state index in [1.807, 2.05) is 45.9 Å². The third-order valence-electron chi connectivity index (χ3n) is 19.3. The van der Waals surface area contributed by atoms with E-state index in [0.717, 1.165) is 51.4 Å². The van der Waals surface area contributed by atoms with E-state index in [9.17, 15) is 0 Å².